The number of sulfone groups is 1. The van der Waals surface area contributed by atoms with Crippen molar-refractivity contribution in [1.29, 1.82) is 0 Å². The average Bonchev–Trinajstić information content (AvgIpc) is 2.36. The van der Waals surface area contributed by atoms with Gasteiger partial charge in [-0.3, -0.25) is 4.90 Å². The van der Waals surface area contributed by atoms with Crippen LogP contribution in [0.25, 0.3) is 0 Å². The number of nitrogens with one attached hydrogen (secondary N) is 1. The van der Waals surface area contributed by atoms with E-state index < -0.39 is 9.84 Å². The Hall–Kier alpha value is -0.390. The van der Waals surface area contributed by atoms with Crippen molar-refractivity contribution in [2.24, 2.45) is 0 Å². The summed E-state index contributed by atoms with van der Waals surface area (Å²) in [5.74, 6) is 0.720. The monoisotopic (exact) mass is 300 g/mol. The Bertz CT molecular complexity index is 433. The lowest BCUT2D eigenvalue weighted by Gasteiger charge is -2.35. The first kappa shape index (κ1) is 16.0. The highest BCUT2D eigenvalue weighted by atomic mass is 32.2. The van der Waals surface area contributed by atoms with Crippen LogP contribution in [0.1, 0.15) is 39.5 Å². The summed E-state index contributed by atoms with van der Waals surface area (Å²) in [6, 6.07) is 0.680. The molecule has 0 spiro atoms. The van der Waals surface area contributed by atoms with Gasteiger partial charge in [0.2, 0.25) is 0 Å². The topological polar surface area (TPSA) is 49.4 Å². The van der Waals surface area contributed by atoms with Crippen molar-refractivity contribution in [3.05, 3.63) is 11.6 Å². The van der Waals surface area contributed by atoms with Gasteiger partial charge in [0.1, 0.15) is 0 Å². The van der Waals surface area contributed by atoms with E-state index in [0.29, 0.717) is 17.5 Å². The standard InChI is InChI=1S/C15H28N2O2S/c1-13(2)5-8-17-9-6-14(7-10-17)16-15-4-3-11-20(18,19)12-15/h5,14-16H,3-4,6-12H2,1-2H3. The molecular formula is C15H28N2O2S. The molecule has 0 amide bonds. The Morgan fingerprint density at radius 3 is 2.50 bits per heavy atom. The van der Waals surface area contributed by atoms with Gasteiger partial charge in [0.05, 0.1) is 11.5 Å². The molecule has 0 bridgehead atoms. The third-order valence-corrected chi connectivity index (χ3v) is 6.10. The van der Waals surface area contributed by atoms with Crippen molar-refractivity contribution in [3.8, 4) is 0 Å². The van der Waals surface area contributed by atoms with E-state index in [-0.39, 0.29) is 6.04 Å². The molecule has 2 rings (SSSR count). The fourth-order valence-electron chi connectivity index (χ4n) is 3.08. The molecule has 1 unspecified atom stereocenters. The maximum absolute atomic E-state index is 11.6. The number of rotatable bonds is 4. The van der Waals surface area contributed by atoms with E-state index in [9.17, 15) is 8.42 Å². The Morgan fingerprint density at radius 2 is 1.90 bits per heavy atom. The van der Waals surface area contributed by atoms with E-state index in [1.54, 1.807) is 0 Å². The molecule has 0 aromatic rings. The Kier molecular flexibility index (Phi) is 5.64. The van der Waals surface area contributed by atoms with Crippen molar-refractivity contribution < 1.29 is 8.42 Å². The molecule has 5 heteroatoms. The van der Waals surface area contributed by atoms with E-state index in [2.05, 4.69) is 30.1 Å². The second-order valence-electron chi connectivity index (χ2n) is 6.48. The maximum Gasteiger partial charge on any atom is 0.151 e. The number of piperidine rings is 1. The normalized spacial score (nSPS) is 28.2. The van der Waals surface area contributed by atoms with Gasteiger partial charge in [0.15, 0.2) is 9.84 Å². The summed E-state index contributed by atoms with van der Waals surface area (Å²) in [7, 11) is -2.79. The van der Waals surface area contributed by atoms with Crippen molar-refractivity contribution >= 4 is 9.84 Å². The summed E-state index contributed by atoms with van der Waals surface area (Å²) in [4.78, 5) is 2.47. The number of allylic oxidation sites excluding steroid dienone is 1. The molecule has 2 fully saturated rings. The summed E-state index contributed by atoms with van der Waals surface area (Å²) in [6.45, 7) is 7.55. The highest BCUT2D eigenvalue weighted by Gasteiger charge is 2.27. The average molecular weight is 300 g/mol. The fraction of sp³-hybridized carbons (Fsp3) is 0.867. The number of hydrogen-bond donors (Lipinski definition) is 1. The molecule has 2 aliphatic rings. The van der Waals surface area contributed by atoms with Gasteiger partial charge in [-0.2, -0.15) is 0 Å². The predicted molar refractivity (Wildman–Crippen MR) is 83.7 cm³/mol. The van der Waals surface area contributed by atoms with E-state index in [0.717, 1.165) is 45.3 Å². The van der Waals surface area contributed by atoms with E-state index in [1.807, 2.05) is 0 Å². The first-order valence-electron chi connectivity index (χ1n) is 7.77. The Balaban J connectivity index is 1.73. The van der Waals surface area contributed by atoms with Gasteiger partial charge in [-0.25, -0.2) is 8.42 Å². The molecule has 0 saturated carbocycles. The first-order chi connectivity index (χ1) is 9.44. The van der Waals surface area contributed by atoms with Gasteiger partial charge in [-0.05, 0) is 52.6 Å². The first-order valence-corrected chi connectivity index (χ1v) is 9.59. The van der Waals surface area contributed by atoms with E-state index in [1.165, 1.54) is 5.57 Å². The van der Waals surface area contributed by atoms with Gasteiger partial charge in [-0.1, -0.05) is 11.6 Å². The van der Waals surface area contributed by atoms with Crippen molar-refractivity contribution in [2.75, 3.05) is 31.1 Å². The smallest absolute Gasteiger partial charge is 0.151 e. The minimum atomic E-state index is -2.79. The molecule has 0 aromatic heterocycles. The second-order valence-corrected chi connectivity index (χ2v) is 8.71. The molecule has 0 aromatic carbocycles. The van der Waals surface area contributed by atoms with Crippen LogP contribution in [0.15, 0.2) is 11.6 Å². The minimum Gasteiger partial charge on any atom is -0.310 e. The highest BCUT2D eigenvalue weighted by molar-refractivity contribution is 7.91. The molecule has 4 nitrogen and oxygen atoms in total. The minimum absolute atomic E-state index is 0.183. The molecule has 2 saturated heterocycles. The molecule has 0 aliphatic carbocycles. The third kappa shape index (κ3) is 5.19. The van der Waals surface area contributed by atoms with Gasteiger partial charge in [-0.15, -0.1) is 0 Å². The lowest BCUT2D eigenvalue weighted by Crippen LogP contribution is -2.49. The van der Waals surface area contributed by atoms with Crippen LogP contribution < -0.4 is 5.32 Å². The van der Waals surface area contributed by atoms with Gasteiger partial charge in [0.25, 0.3) is 0 Å². The summed E-state index contributed by atoms with van der Waals surface area (Å²) >= 11 is 0. The Labute approximate surface area is 123 Å². The molecule has 20 heavy (non-hydrogen) atoms. The molecule has 116 valence electrons. The van der Waals surface area contributed by atoms with Crippen molar-refractivity contribution in [3.63, 3.8) is 0 Å². The molecule has 2 aliphatic heterocycles. The highest BCUT2D eigenvalue weighted by Crippen LogP contribution is 2.16. The zero-order valence-corrected chi connectivity index (χ0v) is 13.6. The van der Waals surface area contributed by atoms with Crippen LogP contribution in [0.4, 0.5) is 0 Å². The predicted octanol–water partition coefficient (Wildman–Crippen LogP) is 1.58. The van der Waals surface area contributed by atoms with Gasteiger partial charge < -0.3 is 5.32 Å². The summed E-state index contributed by atoms with van der Waals surface area (Å²) in [6.07, 6.45) is 6.37. The zero-order chi connectivity index (χ0) is 14.6. The molecule has 2 heterocycles. The number of likely N-dealkylation sites (tertiary alicyclic amines) is 1. The summed E-state index contributed by atoms with van der Waals surface area (Å²) in [5, 5.41) is 3.58. The van der Waals surface area contributed by atoms with Crippen LogP contribution in [-0.2, 0) is 9.84 Å². The lowest BCUT2D eigenvalue weighted by atomic mass is 10.0. The fourth-order valence-corrected chi connectivity index (χ4v) is 4.73. The summed E-state index contributed by atoms with van der Waals surface area (Å²) < 4.78 is 23.3. The second kappa shape index (κ2) is 7.05. The molecular weight excluding hydrogens is 272 g/mol. The van der Waals surface area contributed by atoms with Crippen LogP contribution in [0.5, 0.6) is 0 Å². The molecule has 1 N–H and O–H groups in total. The SMILES string of the molecule is CC(C)=CCN1CCC(NC2CCCS(=O)(=O)C2)CC1. The van der Waals surface area contributed by atoms with Crippen LogP contribution in [0.2, 0.25) is 0 Å². The molecule has 1 atom stereocenters. The number of nitrogens with zero attached hydrogens (tertiary/aromatic N) is 1. The van der Waals surface area contributed by atoms with Crippen LogP contribution in [-0.4, -0.2) is 56.5 Å². The Morgan fingerprint density at radius 1 is 1.20 bits per heavy atom. The van der Waals surface area contributed by atoms with Crippen LogP contribution >= 0.6 is 0 Å². The van der Waals surface area contributed by atoms with Crippen molar-refractivity contribution in [2.45, 2.75) is 51.6 Å². The third-order valence-electron chi connectivity index (χ3n) is 4.28. The van der Waals surface area contributed by atoms with Crippen LogP contribution in [0.3, 0.4) is 0 Å². The van der Waals surface area contributed by atoms with Crippen molar-refractivity contribution in [1.82, 2.24) is 10.2 Å². The van der Waals surface area contributed by atoms with Gasteiger partial charge >= 0.3 is 0 Å². The van der Waals surface area contributed by atoms with Crippen LogP contribution in [0, 0.1) is 0 Å². The van der Waals surface area contributed by atoms with E-state index in [4.69, 9.17) is 0 Å². The quantitative estimate of drug-likeness (QED) is 0.801. The van der Waals surface area contributed by atoms with E-state index >= 15 is 0 Å². The maximum atomic E-state index is 11.6. The molecule has 0 radical (unpaired) electrons. The lowest BCUT2D eigenvalue weighted by molar-refractivity contribution is 0.206. The number of hydrogen-bond acceptors (Lipinski definition) is 4. The summed E-state index contributed by atoms with van der Waals surface area (Å²) in [5.41, 5.74) is 1.37. The van der Waals surface area contributed by atoms with Gasteiger partial charge in [0, 0.05) is 18.6 Å². The zero-order valence-electron chi connectivity index (χ0n) is 12.8. The largest absolute Gasteiger partial charge is 0.310 e.